The number of benzene rings is 3. The highest BCUT2D eigenvalue weighted by Gasteiger charge is 2.27. The molecule has 3 aromatic carbocycles. The summed E-state index contributed by atoms with van der Waals surface area (Å²) in [5.74, 6) is 0.0635. The van der Waals surface area contributed by atoms with Crippen LogP contribution in [0.25, 0.3) is 12.2 Å². The number of carbonyl (C=O) groups is 2. The highest BCUT2D eigenvalue weighted by Crippen LogP contribution is 2.39. The summed E-state index contributed by atoms with van der Waals surface area (Å²) in [7, 11) is 3.90. The van der Waals surface area contributed by atoms with E-state index < -0.39 is 11.4 Å². The summed E-state index contributed by atoms with van der Waals surface area (Å²) in [4.78, 5) is 27.1. The van der Waals surface area contributed by atoms with Gasteiger partial charge in [0.1, 0.15) is 11.5 Å². The molecule has 1 aliphatic heterocycles. The molecule has 0 saturated carbocycles. The van der Waals surface area contributed by atoms with Crippen LogP contribution in [0.5, 0.6) is 11.5 Å². The van der Waals surface area contributed by atoms with Crippen molar-refractivity contribution in [3.8, 4) is 11.5 Å². The summed E-state index contributed by atoms with van der Waals surface area (Å²) in [5.41, 5.74) is 2.89. The van der Waals surface area contributed by atoms with Crippen LogP contribution in [0.15, 0.2) is 54.6 Å². The molecule has 0 aliphatic carbocycles. The predicted octanol–water partition coefficient (Wildman–Crippen LogP) is 4.44. The minimum atomic E-state index is -1.09. The number of Topliss-reactive ketones (excluding diaryl/α,β-unsaturated/α-hetero) is 1. The molecule has 1 aliphatic rings. The summed E-state index contributed by atoms with van der Waals surface area (Å²) in [5, 5.41) is 11.7. The number of carbonyl (C=O) groups excluding carboxylic acids is 1. The minimum Gasteiger partial charge on any atom is -0.478 e. The van der Waals surface area contributed by atoms with Crippen LogP contribution in [0.4, 0.5) is 5.69 Å². The molecule has 0 spiro atoms. The van der Waals surface area contributed by atoms with E-state index in [0.29, 0.717) is 22.6 Å². The average molecular weight is 442 g/mol. The van der Waals surface area contributed by atoms with Crippen LogP contribution in [0.1, 0.15) is 52.6 Å². The molecular weight excluding hydrogens is 414 g/mol. The van der Waals surface area contributed by atoms with Crippen LogP contribution in [0, 0.1) is 5.41 Å². The van der Waals surface area contributed by atoms with Crippen LogP contribution in [-0.4, -0.2) is 31.0 Å². The molecule has 5 heteroatoms. The SMILES string of the molecule is C=c1ccc2c(c1)Oc1cc(N(C)C)ccc1C=2c1ccc(C(=O)C(C)(C)C)cc1C(=O)O. The Hall–Kier alpha value is -3.86. The number of anilines is 1. The lowest BCUT2D eigenvalue weighted by Crippen LogP contribution is -2.23. The van der Waals surface area contributed by atoms with Crippen molar-refractivity contribution < 1.29 is 19.4 Å². The van der Waals surface area contributed by atoms with Crippen molar-refractivity contribution in [2.75, 3.05) is 19.0 Å². The van der Waals surface area contributed by atoms with E-state index in [1.807, 2.05) is 76.2 Å². The minimum absolute atomic E-state index is 0.0780. The maximum Gasteiger partial charge on any atom is 0.336 e. The number of nitrogens with zero attached hydrogens (tertiary/aromatic N) is 1. The topological polar surface area (TPSA) is 66.8 Å². The maximum atomic E-state index is 12.8. The van der Waals surface area contributed by atoms with Gasteiger partial charge in [0.05, 0.1) is 5.56 Å². The Labute approximate surface area is 193 Å². The number of hydrogen-bond donors (Lipinski definition) is 1. The van der Waals surface area contributed by atoms with E-state index >= 15 is 0 Å². The second-order valence-electron chi connectivity index (χ2n) is 9.53. The first-order valence-corrected chi connectivity index (χ1v) is 10.7. The van der Waals surface area contributed by atoms with Gasteiger partial charge in [-0.15, -0.1) is 0 Å². The van der Waals surface area contributed by atoms with Gasteiger partial charge in [-0.3, -0.25) is 4.79 Å². The summed E-state index contributed by atoms with van der Waals surface area (Å²) >= 11 is 0. The van der Waals surface area contributed by atoms with Gasteiger partial charge in [0.2, 0.25) is 0 Å². The molecule has 33 heavy (non-hydrogen) atoms. The third kappa shape index (κ3) is 4.02. The van der Waals surface area contributed by atoms with Crippen molar-refractivity contribution in [1.82, 2.24) is 0 Å². The lowest BCUT2D eigenvalue weighted by molar-refractivity contribution is 0.0696. The van der Waals surface area contributed by atoms with Gasteiger partial charge in [0.25, 0.3) is 0 Å². The smallest absolute Gasteiger partial charge is 0.336 e. The second-order valence-corrected chi connectivity index (χ2v) is 9.53. The second kappa shape index (κ2) is 7.93. The van der Waals surface area contributed by atoms with Gasteiger partial charge in [0, 0.05) is 53.2 Å². The molecule has 0 unspecified atom stereocenters. The Balaban J connectivity index is 2.04. The first kappa shape index (κ1) is 22.3. The van der Waals surface area contributed by atoms with Gasteiger partial charge in [-0.25, -0.2) is 4.79 Å². The highest BCUT2D eigenvalue weighted by molar-refractivity contribution is 6.04. The fourth-order valence-electron chi connectivity index (χ4n) is 4.01. The number of aromatic carboxylic acids is 1. The van der Waals surface area contributed by atoms with Crippen molar-refractivity contribution in [2.24, 2.45) is 5.41 Å². The predicted molar refractivity (Wildman–Crippen MR) is 131 cm³/mol. The molecule has 4 rings (SSSR count). The van der Waals surface area contributed by atoms with Gasteiger partial charge in [-0.1, -0.05) is 51.6 Å². The molecule has 1 heterocycles. The zero-order chi connectivity index (χ0) is 24.1. The fraction of sp³-hybridized carbons (Fsp3) is 0.214. The van der Waals surface area contributed by atoms with Crippen molar-refractivity contribution in [3.05, 3.63) is 87.3 Å². The number of ether oxygens (including phenoxy) is 1. The van der Waals surface area contributed by atoms with E-state index in [1.165, 1.54) is 6.07 Å². The summed E-state index contributed by atoms with van der Waals surface area (Å²) in [6.45, 7) is 9.46. The standard InChI is InChI=1S/C28H27NO4/c1-16-7-10-20-23(13-16)33-24-15-18(29(5)6)9-12-21(24)25(20)19-11-8-17(14-22(19)27(31)32)26(30)28(2,3)4/h7-15H,1H2,2-6H3,(H,31,32). The Kier molecular flexibility index (Phi) is 5.36. The van der Waals surface area contributed by atoms with Gasteiger partial charge in [-0.2, -0.15) is 0 Å². The van der Waals surface area contributed by atoms with E-state index in [9.17, 15) is 14.7 Å². The average Bonchev–Trinajstić information content (AvgIpc) is 2.75. The number of rotatable bonds is 4. The van der Waals surface area contributed by atoms with Crippen LogP contribution in [-0.2, 0) is 0 Å². The molecule has 5 nitrogen and oxygen atoms in total. The van der Waals surface area contributed by atoms with Gasteiger partial charge >= 0.3 is 5.97 Å². The van der Waals surface area contributed by atoms with E-state index in [1.54, 1.807) is 12.1 Å². The van der Waals surface area contributed by atoms with E-state index in [-0.39, 0.29) is 11.3 Å². The number of ketones is 1. The van der Waals surface area contributed by atoms with Crippen LogP contribution in [0.3, 0.4) is 0 Å². The van der Waals surface area contributed by atoms with Gasteiger partial charge in [-0.05, 0) is 35.0 Å². The summed E-state index contributed by atoms with van der Waals surface area (Å²) in [6.07, 6.45) is 0. The van der Waals surface area contributed by atoms with Crippen LogP contribution in [0.2, 0.25) is 0 Å². The first-order chi connectivity index (χ1) is 15.5. The molecule has 3 aromatic rings. The number of hydrogen-bond acceptors (Lipinski definition) is 4. The molecular formula is C28H27NO4. The van der Waals surface area contributed by atoms with E-state index in [4.69, 9.17) is 4.74 Å². The maximum absolute atomic E-state index is 12.8. The third-order valence-electron chi connectivity index (χ3n) is 5.75. The van der Waals surface area contributed by atoms with Gasteiger partial charge < -0.3 is 14.7 Å². The normalized spacial score (nSPS) is 12.5. The molecule has 1 N–H and O–H groups in total. The lowest BCUT2D eigenvalue weighted by atomic mass is 9.83. The van der Waals surface area contributed by atoms with E-state index in [0.717, 1.165) is 27.3 Å². The van der Waals surface area contributed by atoms with Crippen molar-refractivity contribution in [3.63, 3.8) is 0 Å². The Morgan fingerprint density at radius 1 is 0.909 bits per heavy atom. The number of fused-ring (bicyclic) bond motifs is 2. The van der Waals surface area contributed by atoms with Crippen molar-refractivity contribution >= 4 is 29.6 Å². The Morgan fingerprint density at radius 2 is 1.61 bits per heavy atom. The lowest BCUT2D eigenvalue weighted by Gasteiger charge is -2.24. The molecule has 0 saturated heterocycles. The number of carboxylic acid groups (broad SMARTS) is 1. The molecule has 168 valence electrons. The molecule has 0 fully saturated rings. The quantitative estimate of drug-likeness (QED) is 0.474. The monoisotopic (exact) mass is 441 g/mol. The summed E-state index contributed by atoms with van der Waals surface area (Å²) < 4.78 is 6.22. The fourth-order valence-corrected chi connectivity index (χ4v) is 4.01. The first-order valence-electron chi connectivity index (χ1n) is 10.7. The molecule has 0 amide bonds. The van der Waals surface area contributed by atoms with Crippen molar-refractivity contribution in [2.45, 2.75) is 20.8 Å². The highest BCUT2D eigenvalue weighted by atomic mass is 16.5. The zero-order valence-electron chi connectivity index (χ0n) is 19.5. The molecule has 0 atom stereocenters. The third-order valence-corrected chi connectivity index (χ3v) is 5.75. The largest absolute Gasteiger partial charge is 0.478 e. The summed E-state index contributed by atoms with van der Waals surface area (Å²) in [6, 6.07) is 16.4. The molecule has 0 bridgehead atoms. The zero-order valence-corrected chi connectivity index (χ0v) is 19.5. The van der Waals surface area contributed by atoms with Crippen LogP contribution >= 0.6 is 0 Å². The van der Waals surface area contributed by atoms with Crippen molar-refractivity contribution in [1.29, 1.82) is 0 Å². The van der Waals surface area contributed by atoms with Gasteiger partial charge in [0.15, 0.2) is 5.78 Å². The Morgan fingerprint density at radius 3 is 2.24 bits per heavy atom. The molecule has 0 radical (unpaired) electrons. The number of carboxylic acids is 1. The molecule has 0 aromatic heterocycles. The Bertz CT molecular complexity index is 1410. The van der Waals surface area contributed by atoms with E-state index in [2.05, 4.69) is 6.58 Å². The van der Waals surface area contributed by atoms with Crippen LogP contribution < -0.4 is 20.1 Å².